The van der Waals surface area contributed by atoms with Crippen LogP contribution in [-0.4, -0.2) is 37.3 Å². The molecule has 1 aliphatic heterocycles. The molecule has 6 nitrogen and oxygen atoms in total. The number of non-ortho nitro benzene ring substituents is 1. The van der Waals surface area contributed by atoms with Gasteiger partial charge in [0.25, 0.3) is 5.69 Å². The molecule has 0 amide bonds. The van der Waals surface area contributed by atoms with Crippen molar-refractivity contribution in [2.75, 3.05) is 25.5 Å². The van der Waals surface area contributed by atoms with Gasteiger partial charge >= 0.3 is 0 Å². The number of halogens is 1. The summed E-state index contributed by atoms with van der Waals surface area (Å²) in [6, 6.07) is 3.51. The summed E-state index contributed by atoms with van der Waals surface area (Å²) in [7, 11) is 1.60. The van der Waals surface area contributed by atoms with Crippen LogP contribution < -0.4 is 10.6 Å². The average molecular weight is 255 g/mol. The molecule has 0 radical (unpaired) electrons. The molecule has 0 aromatic heterocycles. The van der Waals surface area contributed by atoms with E-state index < -0.39 is 10.7 Å². The molecule has 1 saturated heterocycles. The van der Waals surface area contributed by atoms with Crippen molar-refractivity contribution in [2.24, 2.45) is 0 Å². The number of methoxy groups -OCH3 is 1. The number of nitrogens with zero attached hydrogens (tertiary/aromatic N) is 1. The van der Waals surface area contributed by atoms with E-state index in [0.29, 0.717) is 13.1 Å². The Bertz CT molecular complexity index is 455. The first kappa shape index (κ1) is 12.7. The van der Waals surface area contributed by atoms with E-state index in [-0.39, 0.29) is 23.5 Å². The molecule has 1 heterocycles. The first-order valence-electron chi connectivity index (χ1n) is 5.56. The van der Waals surface area contributed by atoms with Gasteiger partial charge in [-0.25, -0.2) is 4.39 Å². The Balaban J connectivity index is 2.12. The molecule has 0 spiro atoms. The standard InChI is InChI=1S/C11H14FN3O3/c1-18-11-6-13-5-10(11)14-9-3-2-7(15(16)17)4-8(9)12/h2-4,10-11,13-14H,5-6H2,1H3/t10?,11-/m1/s1. The van der Waals surface area contributed by atoms with E-state index in [1.54, 1.807) is 7.11 Å². The second-order valence-electron chi connectivity index (χ2n) is 4.10. The summed E-state index contributed by atoms with van der Waals surface area (Å²) in [5.74, 6) is -0.633. The Morgan fingerprint density at radius 1 is 1.56 bits per heavy atom. The highest BCUT2D eigenvalue weighted by Crippen LogP contribution is 2.22. The number of hydrogen-bond acceptors (Lipinski definition) is 5. The van der Waals surface area contributed by atoms with Crippen molar-refractivity contribution in [3.05, 3.63) is 34.1 Å². The SMILES string of the molecule is CO[C@@H]1CNCC1Nc1ccc([N+](=O)[O-])cc1F. The Morgan fingerprint density at radius 2 is 2.33 bits per heavy atom. The van der Waals surface area contributed by atoms with Gasteiger partial charge in [-0.15, -0.1) is 0 Å². The van der Waals surface area contributed by atoms with Crippen molar-refractivity contribution >= 4 is 11.4 Å². The molecule has 18 heavy (non-hydrogen) atoms. The van der Waals surface area contributed by atoms with E-state index in [2.05, 4.69) is 10.6 Å². The quantitative estimate of drug-likeness (QED) is 0.623. The van der Waals surface area contributed by atoms with Crippen molar-refractivity contribution in [3.63, 3.8) is 0 Å². The molecule has 1 aromatic rings. The Kier molecular flexibility index (Phi) is 3.73. The molecule has 1 aromatic carbocycles. The maximum atomic E-state index is 13.7. The summed E-state index contributed by atoms with van der Waals surface area (Å²) in [6.45, 7) is 1.36. The summed E-state index contributed by atoms with van der Waals surface area (Å²) >= 11 is 0. The lowest BCUT2D eigenvalue weighted by Crippen LogP contribution is -2.33. The molecule has 1 aliphatic rings. The summed E-state index contributed by atoms with van der Waals surface area (Å²) < 4.78 is 18.9. The average Bonchev–Trinajstić information content (AvgIpc) is 2.78. The minimum Gasteiger partial charge on any atom is -0.378 e. The van der Waals surface area contributed by atoms with Crippen LogP contribution in [0.3, 0.4) is 0 Å². The first-order chi connectivity index (χ1) is 8.61. The highest BCUT2D eigenvalue weighted by molar-refractivity contribution is 5.51. The number of anilines is 1. The molecular formula is C11H14FN3O3. The van der Waals surface area contributed by atoms with Crippen LogP contribution in [0.5, 0.6) is 0 Å². The van der Waals surface area contributed by atoms with E-state index in [0.717, 1.165) is 6.07 Å². The highest BCUT2D eigenvalue weighted by Gasteiger charge is 2.27. The monoisotopic (exact) mass is 255 g/mol. The number of ether oxygens (including phenoxy) is 1. The van der Waals surface area contributed by atoms with E-state index in [1.807, 2.05) is 0 Å². The van der Waals surface area contributed by atoms with Crippen molar-refractivity contribution in [1.82, 2.24) is 5.32 Å². The zero-order chi connectivity index (χ0) is 13.1. The zero-order valence-corrected chi connectivity index (χ0v) is 9.85. The fraction of sp³-hybridized carbons (Fsp3) is 0.455. The molecule has 1 unspecified atom stereocenters. The number of nitro groups is 1. The van der Waals surface area contributed by atoms with Gasteiger partial charge in [0.15, 0.2) is 5.82 Å². The molecule has 2 rings (SSSR count). The second kappa shape index (κ2) is 5.28. The number of nitro benzene ring substituents is 1. The Morgan fingerprint density at radius 3 is 2.94 bits per heavy atom. The van der Waals surface area contributed by atoms with Crippen LogP contribution in [0.4, 0.5) is 15.8 Å². The third-order valence-corrected chi connectivity index (χ3v) is 2.97. The van der Waals surface area contributed by atoms with Crippen molar-refractivity contribution < 1.29 is 14.1 Å². The maximum Gasteiger partial charge on any atom is 0.272 e. The van der Waals surface area contributed by atoms with Crippen LogP contribution in [0.15, 0.2) is 18.2 Å². The largest absolute Gasteiger partial charge is 0.378 e. The second-order valence-corrected chi connectivity index (χ2v) is 4.10. The van der Waals surface area contributed by atoms with Crippen molar-refractivity contribution in [2.45, 2.75) is 12.1 Å². The van der Waals surface area contributed by atoms with Crippen LogP contribution in [0, 0.1) is 15.9 Å². The minimum absolute atomic E-state index is 0.0420. The summed E-state index contributed by atoms with van der Waals surface area (Å²) in [6.07, 6.45) is -0.0420. The lowest BCUT2D eigenvalue weighted by atomic mass is 10.2. The van der Waals surface area contributed by atoms with Crippen molar-refractivity contribution in [3.8, 4) is 0 Å². The van der Waals surface area contributed by atoms with Gasteiger partial charge in [0, 0.05) is 26.3 Å². The van der Waals surface area contributed by atoms with Gasteiger partial charge in [-0.3, -0.25) is 10.1 Å². The number of hydrogen-bond donors (Lipinski definition) is 2. The lowest BCUT2D eigenvalue weighted by Gasteiger charge is -2.19. The lowest BCUT2D eigenvalue weighted by molar-refractivity contribution is -0.385. The smallest absolute Gasteiger partial charge is 0.272 e. The summed E-state index contributed by atoms with van der Waals surface area (Å²) in [5.41, 5.74) is -0.0118. The molecule has 98 valence electrons. The molecule has 0 saturated carbocycles. The predicted molar refractivity (Wildman–Crippen MR) is 64.1 cm³/mol. The minimum atomic E-state index is -0.633. The van der Waals surface area contributed by atoms with E-state index >= 15 is 0 Å². The third-order valence-electron chi connectivity index (χ3n) is 2.97. The number of benzene rings is 1. The molecule has 0 bridgehead atoms. The number of rotatable bonds is 4. The molecule has 2 N–H and O–H groups in total. The van der Waals surface area contributed by atoms with Crippen LogP contribution in [0.2, 0.25) is 0 Å². The zero-order valence-electron chi connectivity index (χ0n) is 9.85. The Labute approximate surface area is 103 Å². The van der Waals surface area contributed by atoms with Gasteiger partial charge in [-0.2, -0.15) is 0 Å². The van der Waals surface area contributed by atoms with Crippen LogP contribution >= 0.6 is 0 Å². The van der Waals surface area contributed by atoms with Crippen LogP contribution in [0.1, 0.15) is 0 Å². The molecule has 0 aliphatic carbocycles. The van der Waals surface area contributed by atoms with Gasteiger partial charge < -0.3 is 15.4 Å². The van der Waals surface area contributed by atoms with Crippen molar-refractivity contribution in [1.29, 1.82) is 0 Å². The van der Waals surface area contributed by atoms with E-state index in [4.69, 9.17) is 4.74 Å². The molecular weight excluding hydrogens is 241 g/mol. The highest BCUT2D eigenvalue weighted by atomic mass is 19.1. The summed E-state index contributed by atoms with van der Waals surface area (Å²) in [4.78, 5) is 9.87. The Hall–Kier alpha value is -1.73. The molecule has 7 heteroatoms. The third kappa shape index (κ3) is 2.57. The molecule has 2 atom stereocenters. The van der Waals surface area contributed by atoms with Gasteiger partial charge in [-0.1, -0.05) is 0 Å². The predicted octanol–water partition coefficient (Wildman–Crippen LogP) is 1.13. The van der Waals surface area contributed by atoms with Crippen LogP contribution in [-0.2, 0) is 4.74 Å². The van der Waals surface area contributed by atoms with Crippen LogP contribution in [0.25, 0.3) is 0 Å². The fourth-order valence-electron chi connectivity index (χ4n) is 1.98. The van der Waals surface area contributed by atoms with Gasteiger partial charge in [0.2, 0.25) is 0 Å². The summed E-state index contributed by atoms with van der Waals surface area (Å²) in [5, 5.41) is 16.6. The first-order valence-corrected chi connectivity index (χ1v) is 5.56. The maximum absolute atomic E-state index is 13.7. The normalized spacial score (nSPS) is 23.0. The van der Waals surface area contributed by atoms with Gasteiger partial charge in [0.1, 0.15) is 0 Å². The van der Waals surface area contributed by atoms with Gasteiger partial charge in [0.05, 0.1) is 28.8 Å². The molecule has 1 fully saturated rings. The topological polar surface area (TPSA) is 76.4 Å². The number of nitrogens with one attached hydrogen (secondary N) is 2. The van der Waals surface area contributed by atoms with Gasteiger partial charge in [-0.05, 0) is 6.07 Å². The fourth-order valence-corrected chi connectivity index (χ4v) is 1.98. The van der Waals surface area contributed by atoms with E-state index in [9.17, 15) is 14.5 Å². The van der Waals surface area contributed by atoms with E-state index in [1.165, 1.54) is 12.1 Å².